The van der Waals surface area contributed by atoms with E-state index in [2.05, 4.69) is 15.4 Å². The highest BCUT2D eigenvalue weighted by Gasteiger charge is 2.19. The van der Waals surface area contributed by atoms with Crippen LogP contribution in [-0.4, -0.2) is 25.7 Å². The molecule has 0 atom stereocenters. The second-order valence-electron chi connectivity index (χ2n) is 6.81. The lowest BCUT2D eigenvalue weighted by Crippen LogP contribution is -2.13. The zero-order valence-electron chi connectivity index (χ0n) is 16.3. The minimum atomic E-state index is -0.182. The number of carbonyl (C=O) groups excluding carboxylic acids is 1. The summed E-state index contributed by atoms with van der Waals surface area (Å²) in [6, 6.07) is 13.5. The summed E-state index contributed by atoms with van der Waals surface area (Å²) < 4.78 is 1.72. The summed E-state index contributed by atoms with van der Waals surface area (Å²) in [6.07, 6.45) is 1.78. The Morgan fingerprint density at radius 1 is 1.10 bits per heavy atom. The monoisotopic (exact) mass is 431 g/mol. The molecular formula is C22H17N5OS2. The van der Waals surface area contributed by atoms with Gasteiger partial charge < -0.3 is 5.32 Å². The fourth-order valence-corrected chi connectivity index (χ4v) is 4.77. The fraction of sp³-hybridized carbons (Fsp3) is 0.0909. The molecule has 0 aliphatic carbocycles. The van der Waals surface area contributed by atoms with E-state index in [-0.39, 0.29) is 5.91 Å². The first kappa shape index (κ1) is 18.7. The van der Waals surface area contributed by atoms with Crippen molar-refractivity contribution in [3.63, 3.8) is 0 Å². The second kappa shape index (κ2) is 7.47. The first-order valence-electron chi connectivity index (χ1n) is 9.29. The van der Waals surface area contributed by atoms with E-state index in [1.807, 2.05) is 67.2 Å². The van der Waals surface area contributed by atoms with Gasteiger partial charge in [0.1, 0.15) is 5.01 Å². The number of fused-ring (bicyclic) bond motifs is 1. The van der Waals surface area contributed by atoms with Gasteiger partial charge in [0.05, 0.1) is 27.2 Å². The highest BCUT2D eigenvalue weighted by molar-refractivity contribution is 7.13. The number of pyridine rings is 1. The third-order valence-electron chi connectivity index (χ3n) is 4.81. The van der Waals surface area contributed by atoms with Crippen LogP contribution in [0.4, 0.5) is 5.69 Å². The normalized spacial score (nSPS) is 11.1. The number of amides is 1. The standard InChI is InChI=1S/C22H17N5OS2/c1-13-19-16(12-17(18-4-3-10-29-18)25-20(19)27(2)26-13)21(28)24-15-7-5-14(6-8-15)22-23-9-11-30-22/h3-12H,1-2H3,(H,24,28). The van der Waals surface area contributed by atoms with Gasteiger partial charge in [-0.05, 0) is 48.7 Å². The minimum Gasteiger partial charge on any atom is -0.322 e. The largest absolute Gasteiger partial charge is 0.322 e. The van der Waals surface area contributed by atoms with Gasteiger partial charge in [-0.15, -0.1) is 22.7 Å². The van der Waals surface area contributed by atoms with Gasteiger partial charge in [0.25, 0.3) is 5.91 Å². The van der Waals surface area contributed by atoms with Gasteiger partial charge in [0, 0.05) is 29.9 Å². The van der Waals surface area contributed by atoms with Gasteiger partial charge in [0.2, 0.25) is 0 Å². The fourth-order valence-electron chi connectivity index (χ4n) is 3.44. The summed E-state index contributed by atoms with van der Waals surface area (Å²) in [6.45, 7) is 1.90. The van der Waals surface area contributed by atoms with Crippen molar-refractivity contribution < 1.29 is 4.79 Å². The number of hydrogen-bond donors (Lipinski definition) is 1. The predicted octanol–water partition coefficient (Wildman–Crippen LogP) is 5.38. The van der Waals surface area contributed by atoms with Crippen LogP contribution >= 0.6 is 22.7 Å². The summed E-state index contributed by atoms with van der Waals surface area (Å²) in [4.78, 5) is 23.3. The first-order chi connectivity index (χ1) is 14.6. The van der Waals surface area contributed by atoms with Crippen LogP contribution in [0, 0.1) is 6.92 Å². The molecule has 148 valence electrons. The summed E-state index contributed by atoms with van der Waals surface area (Å²) in [5, 5.41) is 13.2. The maximum atomic E-state index is 13.2. The number of nitrogens with one attached hydrogen (secondary N) is 1. The van der Waals surface area contributed by atoms with Crippen LogP contribution in [-0.2, 0) is 7.05 Å². The zero-order chi connectivity index (χ0) is 20.7. The van der Waals surface area contributed by atoms with Crippen molar-refractivity contribution in [2.75, 3.05) is 5.32 Å². The zero-order valence-corrected chi connectivity index (χ0v) is 17.9. The van der Waals surface area contributed by atoms with Crippen molar-refractivity contribution in [3.05, 3.63) is 70.7 Å². The summed E-state index contributed by atoms with van der Waals surface area (Å²) >= 11 is 3.18. The van der Waals surface area contributed by atoms with Gasteiger partial charge in [-0.25, -0.2) is 9.97 Å². The van der Waals surface area contributed by atoms with E-state index in [1.54, 1.807) is 33.6 Å². The van der Waals surface area contributed by atoms with E-state index in [0.717, 1.165) is 37.9 Å². The van der Waals surface area contributed by atoms with Crippen LogP contribution in [0.5, 0.6) is 0 Å². The van der Waals surface area contributed by atoms with Crippen LogP contribution < -0.4 is 5.32 Å². The number of nitrogens with zero attached hydrogens (tertiary/aromatic N) is 4. The summed E-state index contributed by atoms with van der Waals surface area (Å²) in [5.41, 5.74) is 4.56. The predicted molar refractivity (Wildman–Crippen MR) is 122 cm³/mol. The third kappa shape index (κ3) is 3.30. The second-order valence-corrected chi connectivity index (χ2v) is 8.65. The van der Waals surface area contributed by atoms with E-state index in [0.29, 0.717) is 11.2 Å². The van der Waals surface area contributed by atoms with E-state index < -0.39 is 0 Å². The van der Waals surface area contributed by atoms with Crippen LogP contribution in [0.3, 0.4) is 0 Å². The Bertz CT molecular complexity index is 1340. The first-order valence-corrected chi connectivity index (χ1v) is 11.1. The number of carbonyl (C=O) groups is 1. The number of aryl methyl sites for hydroxylation is 2. The maximum Gasteiger partial charge on any atom is 0.256 e. The van der Waals surface area contributed by atoms with E-state index in [4.69, 9.17) is 4.98 Å². The number of anilines is 1. The topological polar surface area (TPSA) is 72.7 Å². The third-order valence-corrected chi connectivity index (χ3v) is 6.52. The molecular weight excluding hydrogens is 414 g/mol. The molecule has 8 heteroatoms. The molecule has 0 saturated carbocycles. The molecule has 0 saturated heterocycles. The van der Waals surface area contributed by atoms with Crippen LogP contribution in [0.15, 0.2) is 59.4 Å². The van der Waals surface area contributed by atoms with Crippen molar-refractivity contribution in [1.29, 1.82) is 0 Å². The molecule has 0 bridgehead atoms. The lowest BCUT2D eigenvalue weighted by Gasteiger charge is -2.09. The van der Waals surface area contributed by atoms with Gasteiger partial charge in [0.15, 0.2) is 5.65 Å². The molecule has 4 heterocycles. The molecule has 5 rings (SSSR count). The molecule has 0 unspecified atom stereocenters. The highest BCUT2D eigenvalue weighted by atomic mass is 32.1. The number of hydrogen-bond acceptors (Lipinski definition) is 6. The molecule has 0 fully saturated rings. The summed E-state index contributed by atoms with van der Waals surface area (Å²) in [5.74, 6) is -0.182. The number of benzene rings is 1. The smallest absolute Gasteiger partial charge is 0.256 e. The Hall–Kier alpha value is -3.36. The average Bonchev–Trinajstić information content (AvgIpc) is 3.51. The number of aromatic nitrogens is 4. The van der Waals surface area contributed by atoms with Gasteiger partial charge in [-0.1, -0.05) is 6.07 Å². The lowest BCUT2D eigenvalue weighted by atomic mass is 10.1. The number of thiazole rings is 1. The molecule has 1 aromatic carbocycles. The van der Waals surface area contributed by atoms with Crippen molar-refractivity contribution >= 4 is 45.3 Å². The SMILES string of the molecule is Cc1nn(C)c2nc(-c3cccs3)cc(C(=O)Nc3ccc(-c4nccs4)cc3)c12. The van der Waals surface area contributed by atoms with Crippen LogP contribution in [0.25, 0.3) is 32.2 Å². The summed E-state index contributed by atoms with van der Waals surface area (Å²) in [7, 11) is 1.85. The number of thiophene rings is 1. The quantitative estimate of drug-likeness (QED) is 0.415. The molecule has 1 amide bonds. The molecule has 6 nitrogen and oxygen atoms in total. The Morgan fingerprint density at radius 3 is 2.63 bits per heavy atom. The van der Waals surface area contributed by atoms with Crippen molar-refractivity contribution in [1.82, 2.24) is 19.7 Å². The Kier molecular flexibility index (Phi) is 4.65. The maximum absolute atomic E-state index is 13.2. The molecule has 1 N–H and O–H groups in total. The Labute approximate surface area is 180 Å². The Morgan fingerprint density at radius 2 is 1.93 bits per heavy atom. The molecule has 0 spiro atoms. The van der Waals surface area contributed by atoms with Crippen molar-refractivity contribution in [2.24, 2.45) is 7.05 Å². The minimum absolute atomic E-state index is 0.182. The van der Waals surface area contributed by atoms with E-state index >= 15 is 0 Å². The van der Waals surface area contributed by atoms with Gasteiger partial charge in [-0.3, -0.25) is 9.48 Å². The molecule has 5 aromatic rings. The van der Waals surface area contributed by atoms with Gasteiger partial charge in [-0.2, -0.15) is 5.10 Å². The molecule has 0 aliphatic rings. The van der Waals surface area contributed by atoms with Gasteiger partial charge >= 0.3 is 0 Å². The van der Waals surface area contributed by atoms with E-state index in [9.17, 15) is 4.79 Å². The Balaban J connectivity index is 1.52. The number of rotatable bonds is 4. The lowest BCUT2D eigenvalue weighted by molar-refractivity contribution is 0.102. The average molecular weight is 432 g/mol. The highest BCUT2D eigenvalue weighted by Crippen LogP contribution is 2.30. The van der Waals surface area contributed by atoms with E-state index in [1.165, 1.54) is 0 Å². The van der Waals surface area contributed by atoms with Crippen LogP contribution in [0.2, 0.25) is 0 Å². The van der Waals surface area contributed by atoms with Crippen molar-refractivity contribution in [3.8, 4) is 21.1 Å². The molecule has 4 aromatic heterocycles. The molecule has 0 radical (unpaired) electrons. The molecule has 0 aliphatic heterocycles. The molecule has 30 heavy (non-hydrogen) atoms. The van der Waals surface area contributed by atoms with Crippen LogP contribution in [0.1, 0.15) is 16.1 Å². The van der Waals surface area contributed by atoms with Crippen molar-refractivity contribution in [2.45, 2.75) is 6.92 Å².